The Morgan fingerprint density at radius 1 is 1.28 bits per heavy atom. The van der Waals surface area contributed by atoms with Crippen LogP contribution in [0.4, 0.5) is 0 Å². The molecule has 1 unspecified atom stereocenters. The van der Waals surface area contributed by atoms with Gasteiger partial charge in [-0.1, -0.05) is 41.0 Å². The van der Waals surface area contributed by atoms with Gasteiger partial charge in [-0.3, -0.25) is 4.90 Å². The predicted molar refractivity (Wildman–Crippen MR) is 81.0 cm³/mol. The standard InChI is InChI=1S/C16H34N2/c1-6-8-11-18(15-9-10-15)13-16(5,7-2)12-17-14(3)4/h14-15,17H,6-13H2,1-5H3. The fourth-order valence-electron chi connectivity index (χ4n) is 2.43. The Morgan fingerprint density at radius 3 is 2.39 bits per heavy atom. The molecule has 0 amide bonds. The predicted octanol–water partition coefficient (Wildman–Crippen LogP) is 3.67. The summed E-state index contributed by atoms with van der Waals surface area (Å²) >= 11 is 0. The van der Waals surface area contributed by atoms with Crippen molar-refractivity contribution in [1.82, 2.24) is 10.2 Å². The van der Waals surface area contributed by atoms with Gasteiger partial charge < -0.3 is 5.32 Å². The summed E-state index contributed by atoms with van der Waals surface area (Å²) in [7, 11) is 0. The molecular formula is C16H34N2. The Kier molecular flexibility index (Phi) is 6.65. The number of nitrogens with zero attached hydrogens (tertiary/aromatic N) is 1. The molecule has 2 heteroatoms. The van der Waals surface area contributed by atoms with Gasteiger partial charge in [-0.15, -0.1) is 0 Å². The zero-order chi connectivity index (χ0) is 13.6. The first kappa shape index (κ1) is 16.0. The third-order valence-corrected chi connectivity index (χ3v) is 4.24. The first-order valence-electron chi connectivity index (χ1n) is 7.98. The summed E-state index contributed by atoms with van der Waals surface area (Å²) in [5.74, 6) is 0. The molecule has 2 nitrogen and oxygen atoms in total. The van der Waals surface area contributed by atoms with Crippen LogP contribution in [0.3, 0.4) is 0 Å². The third kappa shape index (κ3) is 5.71. The number of nitrogens with one attached hydrogen (secondary N) is 1. The first-order chi connectivity index (χ1) is 8.50. The maximum Gasteiger partial charge on any atom is 0.00966 e. The number of rotatable bonds is 10. The van der Waals surface area contributed by atoms with Crippen molar-refractivity contribution < 1.29 is 0 Å². The van der Waals surface area contributed by atoms with E-state index in [0.717, 1.165) is 12.6 Å². The highest BCUT2D eigenvalue weighted by molar-refractivity contribution is 4.89. The first-order valence-corrected chi connectivity index (χ1v) is 7.98. The summed E-state index contributed by atoms with van der Waals surface area (Å²) < 4.78 is 0. The number of hydrogen-bond acceptors (Lipinski definition) is 2. The van der Waals surface area contributed by atoms with Crippen molar-refractivity contribution in [2.75, 3.05) is 19.6 Å². The Balaban J connectivity index is 2.46. The van der Waals surface area contributed by atoms with Gasteiger partial charge in [0.25, 0.3) is 0 Å². The second-order valence-electron chi connectivity index (χ2n) is 6.76. The molecule has 108 valence electrons. The molecule has 1 atom stereocenters. The molecular weight excluding hydrogens is 220 g/mol. The SMILES string of the molecule is CCCCN(CC(C)(CC)CNC(C)C)C1CC1. The molecule has 0 aromatic rings. The maximum absolute atomic E-state index is 3.63. The normalized spacial score (nSPS) is 19.5. The van der Waals surface area contributed by atoms with Gasteiger partial charge in [-0.2, -0.15) is 0 Å². The fourth-order valence-corrected chi connectivity index (χ4v) is 2.43. The molecule has 0 heterocycles. The van der Waals surface area contributed by atoms with E-state index in [4.69, 9.17) is 0 Å². The van der Waals surface area contributed by atoms with E-state index in [9.17, 15) is 0 Å². The van der Waals surface area contributed by atoms with Gasteiger partial charge in [-0.05, 0) is 37.6 Å². The minimum Gasteiger partial charge on any atom is -0.314 e. The fraction of sp³-hybridized carbons (Fsp3) is 1.00. The lowest BCUT2D eigenvalue weighted by Crippen LogP contribution is -2.44. The van der Waals surface area contributed by atoms with Crippen molar-refractivity contribution in [2.45, 2.75) is 78.8 Å². The Morgan fingerprint density at radius 2 is 1.94 bits per heavy atom. The highest BCUT2D eigenvalue weighted by Gasteiger charge is 2.33. The van der Waals surface area contributed by atoms with Crippen molar-refractivity contribution >= 4 is 0 Å². The van der Waals surface area contributed by atoms with Crippen LogP contribution < -0.4 is 5.32 Å². The van der Waals surface area contributed by atoms with Crippen molar-refractivity contribution in [3.63, 3.8) is 0 Å². The quantitative estimate of drug-likeness (QED) is 0.640. The topological polar surface area (TPSA) is 15.3 Å². The van der Waals surface area contributed by atoms with Crippen LogP contribution in [0.15, 0.2) is 0 Å². The van der Waals surface area contributed by atoms with Gasteiger partial charge in [-0.25, -0.2) is 0 Å². The Hall–Kier alpha value is -0.0800. The number of hydrogen-bond donors (Lipinski definition) is 1. The van der Waals surface area contributed by atoms with E-state index in [2.05, 4.69) is 44.8 Å². The molecule has 1 N–H and O–H groups in total. The number of unbranched alkanes of at least 4 members (excludes halogenated alkanes) is 1. The molecule has 0 aromatic heterocycles. The van der Waals surface area contributed by atoms with Crippen LogP contribution in [0.1, 0.15) is 66.7 Å². The second-order valence-corrected chi connectivity index (χ2v) is 6.76. The summed E-state index contributed by atoms with van der Waals surface area (Å²) in [4.78, 5) is 2.76. The highest BCUT2D eigenvalue weighted by atomic mass is 15.2. The molecule has 1 saturated carbocycles. The van der Waals surface area contributed by atoms with Gasteiger partial charge in [0.05, 0.1) is 0 Å². The van der Waals surface area contributed by atoms with Crippen LogP contribution in [-0.4, -0.2) is 36.6 Å². The van der Waals surface area contributed by atoms with Crippen LogP contribution in [-0.2, 0) is 0 Å². The van der Waals surface area contributed by atoms with Crippen molar-refractivity contribution in [3.05, 3.63) is 0 Å². The molecule has 1 fully saturated rings. The average molecular weight is 254 g/mol. The Bertz CT molecular complexity index is 223. The van der Waals surface area contributed by atoms with E-state index in [-0.39, 0.29) is 0 Å². The van der Waals surface area contributed by atoms with E-state index in [1.54, 1.807) is 0 Å². The van der Waals surface area contributed by atoms with Gasteiger partial charge in [0.1, 0.15) is 0 Å². The minimum absolute atomic E-state index is 0.431. The molecule has 0 aliphatic heterocycles. The highest BCUT2D eigenvalue weighted by Crippen LogP contribution is 2.31. The van der Waals surface area contributed by atoms with Crippen LogP contribution in [0.2, 0.25) is 0 Å². The zero-order valence-corrected chi connectivity index (χ0v) is 13.3. The van der Waals surface area contributed by atoms with Crippen LogP contribution in [0.25, 0.3) is 0 Å². The molecule has 1 aliphatic carbocycles. The largest absolute Gasteiger partial charge is 0.314 e. The average Bonchev–Trinajstić information content (AvgIpc) is 3.16. The molecule has 0 radical (unpaired) electrons. The van der Waals surface area contributed by atoms with Crippen LogP contribution in [0.5, 0.6) is 0 Å². The second kappa shape index (κ2) is 7.49. The molecule has 0 aromatic carbocycles. The van der Waals surface area contributed by atoms with Crippen LogP contribution >= 0.6 is 0 Å². The smallest absolute Gasteiger partial charge is 0.00966 e. The van der Waals surface area contributed by atoms with E-state index < -0.39 is 0 Å². The molecule has 18 heavy (non-hydrogen) atoms. The lowest BCUT2D eigenvalue weighted by atomic mass is 9.86. The van der Waals surface area contributed by atoms with Gasteiger partial charge in [0.2, 0.25) is 0 Å². The summed E-state index contributed by atoms with van der Waals surface area (Å²) in [5, 5.41) is 3.63. The molecule has 0 spiro atoms. The zero-order valence-electron chi connectivity index (χ0n) is 13.3. The molecule has 1 rings (SSSR count). The Labute approximate surface area is 115 Å². The van der Waals surface area contributed by atoms with E-state index >= 15 is 0 Å². The van der Waals surface area contributed by atoms with Gasteiger partial charge in [0, 0.05) is 25.2 Å². The van der Waals surface area contributed by atoms with E-state index in [1.165, 1.54) is 45.2 Å². The monoisotopic (exact) mass is 254 g/mol. The lowest BCUT2D eigenvalue weighted by Gasteiger charge is -2.36. The maximum atomic E-state index is 3.63. The summed E-state index contributed by atoms with van der Waals surface area (Å²) in [5.41, 5.74) is 0.431. The summed E-state index contributed by atoms with van der Waals surface area (Å²) in [6.45, 7) is 15.3. The van der Waals surface area contributed by atoms with Gasteiger partial charge in [0.15, 0.2) is 0 Å². The minimum atomic E-state index is 0.431. The van der Waals surface area contributed by atoms with Crippen molar-refractivity contribution in [3.8, 4) is 0 Å². The molecule has 0 bridgehead atoms. The third-order valence-electron chi connectivity index (χ3n) is 4.24. The van der Waals surface area contributed by atoms with E-state index in [1.807, 2.05) is 0 Å². The summed E-state index contributed by atoms with van der Waals surface area (Å²) in [6.07, 6.45) is 6.80. The van der Waals surface area contributed by atoms with Crippen LogP contribution in [0, 0.1) is 5.41 Å². The van der Waals surface area contributed by atoms with Crippen molar-refractivity contribution in [2.24, 2.45) is 5.41 Å². The van der Waals surface area contributed by atoms with Gasteiger partial charge >= 0.3 is 0 Å². The molecule has 1 aliphatic rings. The van der Waals surface area contributed by atoms with E-state index in [0.29, 0.717) is 11.5 Å². The molecule has 0 saturated heterocycles. The van der Waals surface area contributed by atoms with Crippen molar-refractivity contribution in [1.29, 1.82) is 0 Å². The summed E-state index contributed by atoms with van der Waals surface area (Å²) in [6, 6.07) is 1.50. The lowest BCUT2D eigenvalue weighted by molar-refractivity contribution is 0.144.